The molecule has 0 radical (unpaired) electrons. The van der Waals surface area contributed by atoms with Crippen molar-refractivity contribution in [2.45, 2.75) is 88.7 Å². The van der Waals surface area contributed by atoms with E-state index in [-0.39, 0.29) is 43.8 Å². The molecule has 10 nitrogen and oxygen atoms in total. The Labute approximate surface area is 260 Å². The minimum Gasteiger partial charge on any atom is -0.455 e. The quantitative estimate of drug-likeness (QED) is 0.178. The molecule has 0 aliphatic carbocycles. The molecular weight excluding hydrogens is 562 g/mol. The molecule has 0 aromatic heterocycles. The average Bonchev–Trinajstić information content (AvgIpc) is 3.64. The van der Waals surface area contributed by atoms with E-state index >= 15 is 0 Å². The van der Waals surface area contributed by atoms with Crippen LogP contribution in [0.1, 0.15) is 71.0 Å². The van der Waals surface area contributed by atoms with E-state index in [1.165, 1.54) is 0 Å². The molecule has 0 unspecified atom stereocenters. The summed E-state index contributed by atoms with van der Waals surface area (Å²) >= 11 is 0. The Morgan fingerprint density at radius 2 is 1.93 bits per heavy atom. The number of rotatable bonds is 15. The van der Waals surface area contributed by atoms with E-state index in [4.69, 9.17) is 9.47 Å². The van der Waals surface area contributed by atoms with Gasteiger partial charge in [-0.3, -0.25) is 19.2 Å². The van der Waals surface area contributed by atoms with Crippen molar-refractivity contribution in [3.63, 3.8) is 0 Å². The van der Waals surface area contributed by atoms with E-state index in [1.54, 1.807) is 22.0 Å². The smallest absolute Gasteiger partial charge is 0.313 e. The van der Waals surface area contributed by atoms with Crippen LogP contribution in [0.25, 0.3) is 0 Å². The van der Waals surface area contributed by atoms with Gasteiger partial charge in [-0.1, -0.05) is 42.5 Å². The van der Waals surface area contributed by atoms with Crippen molar-refractivity contribution in [2.24, 2.45) is 11.8 Å². The SMILES string of the molecule is C=CCCC(=O)NC[C@@H](OC(=O)[C@@H]1[C@@H]2CC[C@]3(O2)[C@H](C(=O)N(CC=C)C(C)(C)C)N(CCCCO)C(=O)[C@@H]13)c1ccccc1. The molecule has 3 heterocycles. The van der Waals surface area contributed by atoms with Crippen LogP contribution in [0.4, 0.5) is 0 Å². The number of hydrogen-bond donors (Lipinski definition) is 2. The summed E-state index contributed by atoms with van der Waals surface area (Å²) in [6.07, 6.45) is 4.77. The van der Waals surface area contributed by atoms with Crippen LogP contribution in [0.15, 0.2) is 55.6 Å². The number of fused-ring (bicyclic) bond motifs is 1. The third-order valence-corrected chi connectivity index (χ3v) is 8.99. The van der Waals surface area contributed by atoms with Gasteiger partial charge in [0.2, 0.25) is 17.7 Å². The molecule has 10 heteroatoms. The van der Waals surface area contributed by atoms with Gasteiger partial charge in [0.1, 0.15) is 17.7 Å². The summed E-state index contributed by atoms with van der Waals surface area (Å²) in [5, 5.41) is 12.3. The molecule has 240 valence electrons. The first-order valence-corrected chi connectivity index (χ1v) is 15.6. The highest BCUT2D eigenvalue weighted by Crippen LogP contribution is 2.59. The number of ether oxygens (including phenoxy) is 2. The highest BCUT2D eigenvalue weighted by molar-refractivity contribution is 5.98. The summed E-state index contributed by atoms with van der Waals surface area (Å²) in [6.45, 7) is 13.9. The molecule has 3 amide bonds. The van der Waals surface area contributed by atoms with E-state index in [0.717, 1.165) is 0 Å². The Balaban J connectivity index is 1.64. The number of benzene rings is 1. The molecular formula is C34H47N3O7. The molecule has 4 rings (SSSR count). The average molecular weight is 610 g/mol. The van der Waals surface area contributed by atoms with Crippen molar-refractivity contribution in [1.29, 1.82) is 0 Å². The van der Waals surface area contributed by atoms with Gasteiger partial charge in [0.25, 0.3) is 0 Å². The van der Waals surface area contributed by atoms with Crippen LogP contribution in [0, 0.1) is 11.8 Å². The topological polar surface area (TPSA) is 125 Å². The fraction of sp³-hybridized carbons (Fsp3) is 0.588. The summed E-state index contributed by atoms with van der Waals surface area (Å²) in [7, 11) is 0. The monoisotopic (exact) mass is 609 g/mol. The molecule has 2 N–H and O–H groups in total. The zero-order valence-electron chi connectivity index (χ0n) is 26.2. The third kappa shape index (κ3) is 6.61. The van der Waals surface area contributed by atoms with Gasteiger partial charge in [0.05, 0.1) is 24.5 Å². The highest BCUT2D eigenvalue weighted by Gasteiger charge is 2.75. The minimum atomic E-state index is -1.16. The number of hydrogen-bond acceptors (Lipinski definition) is 7. The highest BCUT2D eigenvalue weighted by atomic mass is 16.6. The predicted molar refractivity (Wildman–Crippen MR) is 165 cm³/mol. The van der Waals surface area contributed by atoms with Crippen LogP contribution in [0.2, 0.25) is 0 Å². The van der Waals surface area contributed by atoms with Crippen LogP contribution < -0.4 is 5.32 Å². The number of carbonyl (C=O) groups excluding carboxylic acids is 4. The van der Waals surface area contributed by atoms with Crippen LogP contribution in [0.3, 0.4) is 0 Å². The maximum atomic E-state index is 14.4. The van der Waals surface area contributed by atoms with Crippen molar-refractivity contribution in [3.8, 4) is 0 Å². The van der Waals surface area contributed by atoms with Crippen molar-refractivity contribution in [3.05, 3.63) is 61.2 Å². The first-order chi connectivity index (χ1) is 21.0. The van der Waals surface area contributed by atoms with Crippen molar-refractivity contribution < 1.29 is 33.8 Å². The van der Waals surface area contributed by atoms with Crippen LogP contribution in [0.5, 0.6) is 0 Å². The van der Waals surface area contributed by atoms with Gasteiger partial charge in [-0.2, -0.15) is 0 Å². The number of likely N-dealkylation sites (tertiary alicyclic amines) is 1. The van der Waals surface area contributed by atoms with Crippen molar-refractivity contribution >= 4 is 23.7 Å². The second-order valence-electron chi connectivity index (χ2n) is 12.9. The van der Waals surface area contributed by atoms with Crippen molar-refractivity contribution in [2.75, 3.05) is 26.2 Å². The lowest BCUT2D eigenvalue weighted by Crippen LogP contribution is -2.59. The Bertz CT molecular complexity index is 1230. The molecule has 3 saturated heterocycles. The zero-order valence-corrected chi connectivity index (χ0v) is 26.2. The number of aliphatic hydroxyl groups excluding tert-OH is 1. The maximum Gasteiger partial charge on any atom is 0.313 e. The van der Waals surface area contributed by atoms with Crippen LogP contribution in [-0.4, -0.2) is 88.1 Å². The summed E-state index contributed by atoms with van der Waals surface area (Å²) < 4.78 is 12.6. The van der Waals surface area contributed by atoms with E-state index < -0.39 is 47.2 Å². The van der Waals surface area contributed by atoms with Gasteiger partial charge in [0.15, 0.2) is 0 Å². The van der Waals surface area contributed by atoms with E-state index in [0.29, 0.717) is 44.2 Å². The first kappa shape index (κ1) is 33.4. The number of unbranched alkanes of at least 4 members (excludes halogenated alkanes) is 1. The summed E-state index contributed by atoms with van der Waals surface area (Å²) in [5.41, 5.74) is -0.994. The second-order valence-corrected chi connectivity index (χ2v) is 12.9. The minimum absolute atomic E-state index is 0.0294. The second kappa shape index (κ2) is 14.1. The van der Waals surface area contributed by atoms with E-state index in [1.807, 2.05) is 51.1 Å². The molecule has 1 aromatic carbocycles. The normalized spacial score (nSPS) is 26.2. The Hall–Kier alpha value is -3.50. The molecule has 1 aromatic rings. The lowest BCUT2D eigenvalue weighted by Gasteiger charge is -2.42. The zero-order chi connectivity index (χ0) is 32.1. The molecule has 0 saturated carbocycles. The molecule has 3 aliphatic heterocycles. The molecule has 1 spiro atoms. The first-order valence-electron chi connectivity index (χ1n) is 15.6. The predicted octanol–water partition coefficient (Wildman–Crippen LogP) is 3.31. The number of aliphatic hydroxyl groups is 1. The van der Waals surface area contributed by atoms with Gasteiger partial charge in [0, 0.05) is 31.7 Å². The molecule has 44 heavy (non-hydrogen) atoms. The van der Waals surface area contributed by atoms with Gasteiger partial charge in [-0.25, -0.2) is 0 Å². The number of nitrogens with zero attached hydrogens (tertiary/aromatic N) is 2. The van der Waals surface area contributed by atoms with Crippen LogP contribution in [-0.2, 0) is 28.7 Å². The fourth-order valence-electron chi connectivity index (χ4n) is 6.95. The standard InChI is InChI=1S/C34H47N3O7/c1-6-8-16-26(39)35-22-25(23-14-10-9-11-15-23)43-32(42)27-24-17-18-34(44-24)28(27)30(40)36(20-12-13-21-38)29(34)31(41)37(19-7-2)33(3,4)5/h6-7,9-11,14-15,24-25,27-29,38H,1-2,8,12-13,16-22H2,3-5H3,(H,35,39)/t24-,25+,27+,28+,29-,34+/m0/s1. The fourth-order valence-corrected chi connectivity index (χ4v) is 6.95. The Morgan fingerprint density at radius 3 is 2.57 bits per heavy atom. The van der Waals surface area contributed by atoms with Gasteiger partial charge < -0.3 is 29.7 Å². The number of carbonyl (C=O) groups is 4. The molecule has 6 atom stereocenters. The number of esters is 1. The van der Waals surface area contributed by atoms with Gasteiger partial charge in [-0.05, 0) is 58.4 Å². The number of amides is 3. The summed E-state index contributed by atoms with van der Waals surface area (Å²) in [6, 6.07) is 8.25. The lowest BCUT2D eigenvalue weighted by molar-refractivity contribution is -0.160. The Kier molecular flexibility index (Phi) is 10.7. The largest absolute Gasteiger partial charge is 0.455 e. The van der Waals surface area contributed by atoms with E-state index in [9.17, 15) is 24.3 Å². The lowest BCUT2D eigenvalue weighted by atomic mass is 9.70. The molecule has 3 fully saturated rings. The third-order valence-electron chi connectivity index (χ3n) is 8.99. The number of nitrogens with one attached hydrogen (secondary N) is 1. The van der Waals surface area contributed by atoms with Crippen molar-refractivity contribution in [1.82, 2.24) is 15.1 Å². The maximum absolute atomic E-state index is 14.4. The molecule has 2 bridgehead atoms. The number of allylic oxidation sites excluding steroid dienone is 1. The van der Waals surface area contributed by atoms with Crippen LogP contribution >= 0.6 is 0 Å². The summed E-state index contributed by atoms with van der Waals surface area (Å²) in [5.74, 6) is -3.06. The Morgan fingerprint density at radius 1 is 1.20 bits per heavy atom. The van der Waals surface area contributed by atoms with Gasteiger partial charge >= 0.3 is 5.97 Å². The van der Waals surface area contributed by atoms with Gasteiger partial charge in [-0.15, -0.1) is 13.2 Å². The van der Waals surface area contributed by atoms with E-state index in [2.05, 4.69) is 18.5 Å². The molecule has 3 aliphatic rings. The summed E-state index contributed by atoms with van der Waals surface area (Å²) in [4.78, 5) is 58.2.